The van der Waals surface area contributed by atoms with Gasteiger partial charge in [-0.15, -0.1) is 0 Å². The molecule has 94 valence electrons. The van der Waals surface area contributed by atoms with E-state index < -0.39 is 0 Å². The summed E-state index contributed by atoms with van der Waals surface area (Å²) in [5.74, 6) is 0. The third-order valence-corrected chi connectivity index (χ3v) is 3.46. The molecule has 0 amide bonds. The molecule has 2 rings (SSSR count). The monoisotopic (exact) mass is 259 g/mol. The summed E-state index contributed by atoms with van der Waals surface area (Å²) < 4.78 is 0. The molecule has 1 unspecified atom stereocenters. The number of hydrogen-bond acceptors (Lipinski definition) is 1. The zero-order valence-electron chi connectivity index (χ0n) is 11.0. The smallest absolute Gasteiger partial charge is 0.0589 e. The van der Waals surface area contributed by atoms with E-state index in [0.717, 1.165) is 10.6 Å². The van der Waals surface area contributed by atoms with Gasteiger partial charge in [0.05, 0.1) is 6.04 Å². The lowest BCUT2D eigenvalue weighted by Gasteiger charge is -2.19. The summed E-state index contributed by atoms with van der Waals surface area (Å²) in [4.78, 5) is 0. The first kappa shape index (κ1) is 13.1. The molecule has 0 saturated heterocycles. The standard InChI is InChI=1S/C16H18ClN/c1-11-5-4-6-13(9-11)16(18-3)14-8-7-12(2)10-15(14)17/h4-10,16,18H,1-3H3. The average Bonchev–Trinajstić information content (AvgIpc) is 2.33. The Kier molecular flexibility index (Phi) is 4.05. The van der Waals surface area contributed by atoms with Gasteiger partial charge in [-0.25, -0.2) is 0 Å². The topological polar surface area (TPSA) is 12.0 Å². The van der Waals surface area contributed by atoms with Crippen LogP contribution in [0.25, 0.3) is 0 Å². The second-order valence-electron chi connectivity index (χ2n) is 4.66. The minimum atomic E-state index is 0.137. The van der Waals surface area contributed by atoms with Crippen LogP contribution in [0.1, 0.15) is 28.3 Å². The van der Waals surface area contributed by atoms with Crippen molar-refractivity contribution in [3.8, 4) is 0 Å². The van der Waals surface area contributed by atoms with E-state index >= 15 is 0 Å². The fraction of sp³-hybridized carbons (Fsp3) is 0.250. The van der Waals surface area contributed by atoms with Gasteiger partial charge >= 0.3 is 0 Å². The number of benzene rings is 2. The van der Waals surface area contributed by atoms with Crippen LogP contribution in [0.15, 0.2) is 42.5 Å². The Hall–Kier alpha value is -1.31. The number of halogens is 1. The Morgan fingerprint density at radius 1 is 1.00 bits per heavy atom. The third-order valence-electron chi connectivity index (χ3n) is 3.13. The van der Waals surface area contributed by atoms with Gasteiger partial charge in [0.1, 0.15) is 0 Å². The number of aryl methyl sites for hydroxylation is 2. The van der Waals surface area contributed by atoms with Gasteiger partial charge in [-0.2, -0.15) is 0 Å². The summed E-state index contributed by atoms with van der Waals surface area (Å²) >= 11 is 6.35. The third kappa shape index (κ3) is 2.74. The number of nitrogens with one attached hydrogen (secondary N) is 1. The highest BCUT2D eigenvalue weighted by molar-refractivity contribution is 6.31. The van der Waals surface area contributed by atoms with Gasteiger partial charge in [-0.3, -0.25) is 0 Å². The van der Waals surface area contributed by atoms with Crippen LogP contribution >= 0.6 is 11.6 Å². The van der Waals surface area contributed by atoms with Crippen LogP contribution in [0.2, 0.25) is 5.02 Å². The molecule has 0 aromatic heterocycles. The molecule has 0 aliphatic rings. The van der Waals surface area contributed by atoms with Crippen molar-refractivity contribution in [1.82, 2.24) is 5.32 Å². The molecule has 1 atom stereocenters. The first-order valence-corrected chi connectivity index (χ1v) is 6.49. The summed E-state index contributed by atoms with van der Waals surface area (Å²) in [6.45, 7) is 4.16. The maximum atomic E-state index is 6.35. The molecule has 18 heavy (non-hydrogen) atoms. The highest BCUT2D eigenvalue weighted by atomic mass is 35.5. The lowest BCUT2D eigenvalue weighted by Crippen LogP contribution is -2.18. The fourth-order valence-electron chi connectivity index (χ4n) is 2.22. The van der Waals surface area contributed by atoms with Crippen molar-refractivity contribution < 1.29 is 0 Å². The lowest BCUT2D eigenvalue weighted by molar-refractivity contribution is 0.691. The lowest BCUT2D eigenvalue weighted by atomic mass is 9.97. The Morgan fingerprint density at radius 2 is 1.72 bits per heavy atom. The van der Waals surface area contributed by atoms with Crippen molar-refractivity contribution in [2.75, 3.05) is 7.05 Å². The predicted octanol–water partition coefficient (Wildman–Crippen LogP) is 4.27. The summed E-state index contributed by atoms with van der Waals surface area (Å²) in [6.07, 6.45) is 0. The molecule has 0 aliphatic heterocycles. The first-order valence-electron chi connectivity index (χ1n) is 6.11. The normalized spacial score (nSPS) is 12.4. The largest absolute Gasteiger partial charge is 0.309 e. The molecular weight excluding hydrogens is 242 g/mol. The maximum absolute atomic E-state index is 6.35. The van der Waals surface area contributed by atoms with E-state index in [4.69, 9.17) is 11.6 Å². The summed E-state index contributed by atoms with van der Waals surface area (Å²) in [7, 11) is 1.96. The molecule has 0 saturated carbocycles. The highest BCUT2D eigenvalue weighted by Crippen LogP contribution is 2.29. The van der Waals surface area contributed by atoms with Crippen LogP contribution in [-0.2, 0) is 0 Å². The van der Waals surface area contributed by atoms with Crippen LogP contribution in [0, 0.1) is 13.8 Å². The van der Waals surface area contributed by atoms with Crippen molar-refractivity contribution in [1.29, 1.82) is 0 Å². The number of rotatable bonds is 3. The van der Waals surface area contributed by atoms with Crippen LogP contribution < -0.4 is 5.32 Å². The SMILES string of the molecule is CNC(c1cccc(C)c1)c1ccc(C)cc1Cl. The van der Waals surface area contributed by atoms with Gasteiger partial charge in [-0.1, -0.05) is 53.6 Å². The molecule has 0 aliphatic carbocycles. The maximum Gasteiger partial charge on any atom is 0.0589 e. The molecule has 0 bridgehead atoms. The van der Waals surface area contributed by atoms with E-state index in [1.807, 2.05) is 13.1 Å². The van der Waals surface area contributed by atoms with E-state index in [-0.39, 0.29) is 6.04 Å². The van der Waals surface area contributed by atoms with Crippen molar-refractivity contribution in [3.05, 3.63) is 69.7 Å². The van der Waals surface area contributed by atoms with E-state index in [2.05, 4.69) is 55.6 Å². The predicted molar refractivity (Wildman–Crippen MR) is 78.3 cm³/mol. The molecule has 0 radical (unpaired) electrons. The first-order chi connectivity index (χ1) is 8.61. The Labute approximate surface area is 114 Å². The molecule has 1 N–H and O–H groups in total. The highest BCUT2D eigenvalue weighted by Gasteiger charge is 2.15. The summed E-state index contributed by atoms with van der Waals surface area (Å²) in [6, 6.07) is 14.9. The Bertz CT molecular complexity index is 549. The van der Waals surface area contributed by atoms with Gasteiger partial charge in [0, 0.05) is 5.02 Å². The second-order valence-corrected chi connectivity index (χ2v) is 5.07. The zero-order valence-corrected chi connectivity index (χ0v) is 11.8. The Balaban J connectivity index is 2.45. The summed E-state index contributed by atoms with van der Waals surface area (Å²) in [5.41, 5.74) is 4.80. The molecule has 1 nitrogen and oxygen atoms in total. The molecular formula is C16H18ClN. The average molecular weight is 260 g/mol. The van der Waals surface area contributed by atoms with Crippen LogP contribution in [0.4, 0.5) is 0 Å². The molecule has 2 aromatic carbocycles. The van der Waals surface area contributed by atoms with Crippen molar-refractivity contribution in [2.45, 2.75) is 19.9 Å². The zero-order chi connectivity index (χ0) is 13.1. The molecule has 0 heterocycles. The quantitative estimate of drug-likeness (QED) is 0.868. The van der Waals surface area contributed by atoms with Gasteiger partial charge in [0.15, 0.2) is 0 Å². The molecule has 0 fully saturated rings. The van der Waals surface area contributed by atoms with Gasteiger partial charge < -0.3 is 5.32 Å². The fourth-order valence-corrected chi connectivity index (χ4v) is 2.56. The van der Waals surface area contributed by atoms with E-state index in [9.17, 15) is 0 Å². The van der Waals surface area contributed by atoms with Crippen LogP contribution in [-0.4, -0.2) is 7.05 Å². The van der Waals surface area contributed by atoms with Gasteiger partial charge in [-0.05, 0) is 43.7 Å². The minimum absolute atomic E-state index is 0.137. The van der Waals surface area contributed by atoms with E-state index in [0.29, 0.717) is 0 Å². The van der Waals surface area contributed by atoms with Crippen molar-refractivity contribution in [2.24, 2.45) is 0 Å². The minimum Gasteiger partial charge on any atom is -0.309 e. The Morgan fingerprint density at radius 3 is 2.33 bits per heavy atom. The molecule has 2 heteroatoms. The van der Waals surface area contributed by atoms with Gasteiger partial charge in [0.2, 0.25) is 0 Å². The van der Waals surface area contributed by atoms with E-state index in [1.54, 1.807) is 0 Å². The van der Waals surface area contributed by atoms with Crippen LogP contribution in [0.5, 0.6) is 0 Å². The second kappa shape index (κ2) is 5.55. The van der Waals surface area contributed by atoms with Crippen molar-refractivity contribution in [3.63, 3.8) is 0 Å². The molecule has 2 aromatic rings. The summed E-state index contributed by atoms with van der Waals surface area (Å²) in [5, 5.41) is 4.15. The van der Waals surface area contributed by atoms with Crippen molar-refractivity contribution >= 4 is 11.6 Å². The van der Waals surface area contributed by atoms with Crippen LogP contribution in [0.3, 0.4) is 0 Å². The van der Waals surface area contributed by atoms with E-state index in [1.165, 1.54) is 16.7 Å². The number of hydrogen-bond donors (Lipinski definition) is 1. The van der Waals surface area contributed by atoms with Gasteiger partial charge in [0.25, 0.3) is 0 Å². The molecule has 0 spiro atoms.